The van der Waals surface area contributed by atoms with E-state index in [9.17, 15) is 4.79 Å². The maximum Gasteiger partial charge on any atom is 0.331 e. The molecule has 0 aliphatic rings. The third-order valence-corrected chi connectivity index (χ3v) is 3.58. The van der Waals surface area contributed by atoms with E-state index in [1.54, 1.807) is 6.08 Å². The van der Waals surface area contributed by atoms with E-state index in [0.29, 0.717) is 5.89 Å². The first-order valence-corrected chi connectivity index (χ1v) is 7.98. The van der Waals surface area contributed by atoms with Gasteiger partial charge in [0.1, 0.15) is 0 Å². The van der Waals surface area contributed by atoms with Crippen molar-refractivity contribution in [2.75, 3.05) is 0 Å². The second-order valence-corrected chi connectivity index (χ2v) is 5.78. The Balaban J connectivity index is 1.56. The third kappa shape index (κ3) is 4.39. The van der Waals surface area contributed by atoms with Crippen molar-refractivity contribution in [3.8, 4) is 11.5 Å². The largest absolute Gasteiger partial charge is 0.452 e. The molecule has 0 radical (unpaired) electrons. The number of esters is 1. The maximum absolute atomic E-state index is 11.7. The number of hydrogen-bond acceptors (Lipinski definition) is 5. The topological polar surface area (TPSA) is 65.2 Å². The second kappa shape index (κ2) is 7.70. The van der Waals surface area contributed by atoms with Crippen LogP contribution in [0.4, 0.5) is 0 Å². The lowest BCUT2D eigenvalue weighted by atomic mass is 10.2. The predicted octanol–water partition coefficient (Wildman–Crippen LogP) is 4.26. The van der Waals surface area contributed by atoms with E-state index in [0.717, 1.165) is 15.6 Å². The number of nitrogens with zero attached hydrogens (tertiary/aromatic N) is 2. The van der Waals surface area contributed by atoms with Gasteiger partial charge in [-0.1, -0.05) is 46.3 Å². The zero-order valence-electron chi connectivity index (χ0n) is 12.6. The quantitative estimate of drug-likeness (QED) is 0.485. The van der Waals surface area contributed by atoms with Crippen molar-refractivity contribution in [3.05, 3.63) is 76.6 Å². The van der Waals surface area contributed by atoms with Gasteiger partial charge < -0.3 is 9.15 Å². The molecule has 0 saturated heterocycles. The molecule has 5 nitrogen and oxygen atoms in total. The molecule has 0 N–H and O–H groups in total. The highest BCUT2D eigenvalue weighted by atomic mass is 79.9. The van der Waals surface area contributed by atoms with Crippen LogP contribution in [0.2, 0.25) is 0 Å². The minimum absolute atomic E-state index is 0.0680. The number of aromatic nitrogens is 2. The summed E-state index contributed by atoms with van der Waals surface area (Å²) in [5.74, 6) is 0.166. The van der Waals surface area contributed by atoms with Crippen LogP contribution in [-0.2, 0) is 16.1 Å². The molecule has 1 aromatic heterocycles. The maximum atomic E-state index is 11.7. The van der Waals surface area contributed by atoms with Crippen LogP contribution in [-0.4, -0.2) is 16.2 Å². The van der Waals surface area contributed by atoms with Crippen molar-refractivity contribution >= 4 is 28.0 Å². The monoisotopic (exact) mass is 384 g/mol. The molecule has 0 aliphatic carbocycles. The Morgan fingerprint density at radius 3 is 2.75 bits per heavy atom. The minimum Gasteiger partial charge on any atom is -0.452 e. The molecule has 3 rings (SSSR count). The summed E-state index contributed by atoms with van der Waals surface area (Å²) >= 11 is 3.37. The average Bonchev–Trinajstić information content (AvgIpc) is 3.08. The molecule has 2 aromatic carbocycles. The van der Waals surface area contributed by atoms with Gasteiger partial charge in [-0.2, -0.15) is 0 Å². The minimum atomic E-state index is -0.477. The Hall–Kier alpha value is -2.73. The van der Waals surface area contributed by atoms with E-state index < -0.39 is 5.97 Å². The van der Waals surface area contributed by atoms with Crippen LogP contribution >= 0.6 is 15.9 Å². The summed E-state index contributed by atoms with van der Waals surface area (Å²) < 4.78 is 11.5. The van der Waals surface area contributed by atoms with Crippen molar-refractivity contribution < 1.29 is 13.9 Å². The van der Waals surface area contributed by atoms with Crippen LogP contribution in [0.3, 0.4) is 0 Å². The molecule has 0 atom stereocenters. The molecule has 0 spiro atoms. The predicted molar refractivity (Wildman–Crippen MR) is 92.7 cm³/mol. The highest BCUT2D eigenvalue weighted by Crippen LogP contribution is 2.17. The van der Waals surface area contributed by atoms with Gasteiger partial charge in [0.2, 0.25) is 5.89 Å². The standard InChI is InChI=1S/C18H13BrN2O3/c19-15-8-4-5-13(11-15)9-10-17(22)23-12-16-20-21-18(24-16)14-6-2-1-3-7-14/h1-11H,12H2. The van der Waals surface area contributed by atoms with Gasteiger partial charge in [-0.05, 0) is 35.9 Å². The van der Waals surface area contributed by atoms with Gasteiger partial charge in [-0.3, -0.25) is 0 Å². The molecule has 0 aliphatic heterocycles. The molecule has 0 unspecified atom stereocenters. The van der Waals surface area contributed by atoms with Crippen LogP contribution in [0.25, 0.3) is 17.5 Å². The fourth-order valence-corrected chi connectivity index (χ4v) is 2.38. The molecule has 0 saturated carbocycles. The Morgan fingerprint density at radius 2 is 1.96 bits per heavy atom. The summed E-state index contributed by atoms with van der Waals surface area (Å²) in [6.45, 7) is -0.0680. The molecule has 24 heavy (non-hydrogen) atoms. The van der Waals surface area contributed by atoms with Crippen molar-refractivity contribution in [1.82, 2.24) is 10.2 Å². The van der Waals surface area contributed by atoms with Gasteiger partial charge in [0.05, 0.1) is 0 Å². The van der Waals surface area contributed by atoms with Crippen molar-refractivity contribution in [2.24, 2.45) is 0 Å². The van der Waals surface area contributed by atoms with E-state index in [1.807, 2.05) is 54.6 Å². The fourth-order valence-electron chi connectivity index (χ4n) is 1.96. The number of halogens is 1. The summed E-state index contributed by atoms with van der Waals surface area (Å²) in [5.41, 5.74) is 1.71. The van der Waals surface area contributed by atoms with E-state index in [1.165, 1.54) is 6.08 Å². The molecule has 0 bridgehead atoms. The van der Waals surface area contributed by atoms with Gasteiger partial charge in [0.15, 0.2) is 6.61 Å². The van der Waals surface area contributed by atoms with E-state index in [4.69, 9.17) is 9.15 Å². The lowest BCUT2D eigenvalue weighted by molar-refractivity contribution is -0.139. The van der Waals surface area contributed by atoms with Gasteiger partial charge >= 0.3 is 5.97 Å². The average molecular weight is 385 g/mol. The molecule has 1 heterocycles. The number of carbonyl (C=O) groups is 1. The first-order valence-electron chi connectivity index (χ1n) is 7.19. The highest BCUT2D eigenvalue weighted by molar-refractivity contribution is 9.10. The van der Waals surface area contributed by atoms with Crippen molar-refractivity contribution in [3.63, 3.8) is 0 Å². The van der Waals surface area contributed by atoms with E-state index in [2.05, 4.69) is 26.1 Å². The highest BCUT2D eigenvalue weighted by Gasteiger charge is 2.09. The van der Waals surface area contributed by atoms with Crippen LogP contribution in [0.1, 0.15) is 11.5 Å². The number of hydrogen-bond donors (Lipinski definition) is 0. The number of rotatable bonds is 5. The van der Waals surface area contributed by atoms with Crippen LogP contribution in [0, 0.1) is 0 Å². The Labute approximate surface area is 147 Å². The lowest BCUT2D eigenvalue weighted by Crippen LogP contribution is -2.00. The van der Waals surface area contributed by atoms with Gasteiger partial charge in [-0.25, -0.2) is 4.79 Å². The van der Waals surface area contributed by atoms with E-state index in [-0.39, 0.29) is 12.5 Å². The molecule has 6 heteroatoms. The summed E-state index contributed by atoms with van der Waals surface area (Å²) in [7, 11) is 0. The SMILES string of the molecule is O=C(C=Cc1cccc(Br)c1)OCc1nnc(-c2ccccc2)o1. The molecular formula is C18H13BrN2O3. The smallest absolute Gasteiger partial charge is 0.331 e. The first-order chi connectivity index (χ1) is 11.7. The van der Waals surface area contributed by atoms with E-state index >= 15 is 0 Å². The lowest BCUT2D eigenvalue weighted by Gasteiger charge is -1.98. The van der Waals surface area contributed by atoms with Gasteiger partial charge in [-0.15, -0.1) is 10.2 Å². The summed E-state index contributed by atoms with van der Waals surface area (Å²) in [5, 5.41) is 7.81. The second-order valence-electron chi connectivity index (χ2n) is 4.86. The Kier molecular flexibility index (Phi) is 5.18. The molecule has 0 fully saturated rings. The molecule has 3 aromatic rings. The molecular weight excluding hydrogens is 372 g/mol. The Morgan fingerprint density at radius 1 is 1.12 bits per heavy atom. The first kappa shape index (κ1) is 16.1. The Bertz CT molecular complexity index is 859. The van der Waals surface area contributed by atoms with Crippen molar-refractivity contribution in [2.45, 2.75) is 6.61 Å². The number of benzene rings is 2. The zero-order chi connectivity index (χ0) is 16.8. The number of carbonyl (C=O) groups excluding carboxylic acids is 1. The zero-order valence-corrected chi connectivity index (χ0v) is 14.1. The van der Waals surface area contributed by atoms with Crippen molar-refractivity contribution in [1.29, 1.82) is 0 Å². The van der Waals surface area contributed by atoms with Crippen LogP contribution in [0.5, 0.6) is 0 Å². The summed E-state index contributed by atoms with van der Waals surface area (Å²) in [6, 6.07) is 17.0. The molecule has 0 amide bonds. The normalized spacial score (nSPS) is 10.9. The summed E-state index contributed by atoms with van der Waals surface area (Å²) in [4.78, 5) is 11.7. The fraction of sp³-hybridized carbons (Fsp3) is 0.0556. The van der Waals surface area contributed by atoms with Crippen LogP contribution < -0.4 is 0 Å². The summed E-state index contributed by atoms with van der Waals surface area (Å²) in [6.07, 6.45) is 3.03. The van der Waals surface area contributed by atoms with Gasteiger partial charge in [0.25, 0.3) is 5.89 Å². The molecule has 120 valence electrons. The van der Waals surface area contributed by atoms with Crippen LogP contribution in [0.15, 0.2) is 69.6 Å². The van der Waals surface area contributed by atoms with Gasteiger partial charge in [0, 0.05) is 16.1 Å². The number of ether oxygens (including phenoxy) is 1. The third-order valence-electron chi connectivity index (χ3n) is 3.09.